The third kappa shape index (κ3) is 59.0. The van der Waals surface area contributed by atoms with E-state index in [1.54, 1.807) is 0 Å². The van der Waals surface area contributed by atoms with Gasteiger partial charge in [0, 0.05) is 0 Å². The fraction of sp³-hybridized carbons (Fsp3) is 0.657. The lowest BCUT2D eigenvalue weighted by molar-refractivity contribution is 0.365. The molecule has 0 N–H and O–H groups in total. The average molecular weight is 1440 g/mol. The Hall–Kier alpha value is -4.68. The minimum absolute atomic E-state index is 0.371. The second kappa shape index (κ2) is 43.1. The predicted octanol–water partition coefficient (Wildman–Crippen LogP) is 32.6. The van der Waals surface area contributed by atoms with Gasteiger partial charge in [-0.05, 0) is 273 Å². The molecule has 0 aromatic heterocycles. The summed E-state index contributed by atoms with van der Waals surface area (Å²) in [6.45, 7) is 85.2. The van der Waals surface area contributed by atoms with Gasteiger partial charge in [0.25, 0.3) is 0 Å². The number of rotatable bonds is 20. The van der Waals surface area contributed by atoms with Gasteiger partial charge < -0.3 is 0 Å². The molecule has 0 heteroatoms. The van der Waals surface area contributed by atoms with Crippen LogP contribution in [0.4, 0.5) is 0 Å². The van der Waals surface area contributed by atoms with Gasteiger partial charge in [0.2, 0.25) is 0 Å². The van der Waals surface area contributed by atoms with Crippen LogP contribution in [0.15, 0.2) is 140 Å². The van der Waals surface area contributed by atoms with Crippen LogP contribution in [-0.4, -0.2) is 0 Å². The van der Waals surface area contributed by atoms with E-state index in [4.69, 9.17) is 0 Å². The predicted molar refractivity (Wildman–Crippen MR) is 478 cm³/mol. The normalized spacial score (nSPS) is 12.8. The van der Waals surface area contributed by atoms with Crippen LogP contribution < -0.4 is 0 Å². The highest BCUT2D eigenvalue weighted by molar-refractivity contribution is 5.33. The van der Waals surface area contributed by atoms with Crippen molar-refractivity contribution in [3.63, 3.8) is 0 Å². The lowest BCUT2D eigenvalue weighted by atomic mass is 9.84. The molecule has 6 aromatic rings. The maximum Gasteiger partial charge on any atom is -0.0227 e. The van der Waals surface area contributed by atoms with Gasteiger partial charge in [0.05, 0.1) is 0 Å². The lowest BCUT2D eigenvalue weighted by Gasteiger charge is -2.22. The molecule has 0 saturated heterocycles. The SMILES string of the molecule is CC(C)(C)CCCc1ccc(CC(C)(C)C)cc1.CC(C)(C)CCCc1ccc(CC(C)(C)C)cc1.CC(C)(C)CCc1ccc(CC(C)(C)C)cc1.CC(C)(C)CCc1ccc(CC(C)(C)C)cc1.CC(C)(C)CCc1ccc(CCC(C)(C)C)cc1.Cc1cc(CC(C)(C)C)ccc1CC(C)(C)C. The topological polar surface area (TPSA) is 0 Å². The van der Waals surface area contributed by atoms with Crippen molar-refractivity contribution in [2.24, 2.45) is 65.0 Å². The Labute approximate surface area is 657 Å². The van der Waals surface area contributed by atoms with Gasteiger partial charge in [-0.1, -0.05) is 389 Å². The Morgan fingerprint density at radius 3 is 0.495 bits per heavy atom. The van der Waals surface area contributed by atoms with E-state index in [-0.39, 0.29) is 0 Å². The molecule has 0 saturated carbocycles. The molecule has 0 nitrogen and oxygen atoms in total. The number of hydrogen-bond acceptors (Lipinski definition) is 0. The summed E-state index contributed by atoms with van der Waals surface area (Å²) in [4.78, 5) is 0. The van der Waals surface area contributed by atoms with Gasteiger partial charge in [-0.25, -0.2) is 0 Å². The fourth-order valence-corrected chi connectivity index (χ4v) is 12.6. The zero-order valence-corrected chi connectivity index (χ0v) is 76.9. The third-order valence-electron chi connectivity index (χ3n) is 18.4. The second-order valence-electron chi connectivity index (χ2n) is 46.8. The first-order valence-corrected chi connectivity index (χ1v) is 41.8. The standard InChI is InChI=1S/3C18H30.3C17H28/c1-17(2,3)13-11-15-7-9-16(10-8-15)12-14-18(4,5)6;2*1-17(2,3)13-7-8-15-9-11-16(12-10-15)14-18(4,5)6;1-13-10-14(11-16(2,3)4)8-9-15(13)12-17(5,6)7;2*1-16(2,3)12-11-14-7-9-15(10-8-14)13-17(4,5)6/h7-10H,11-14H2,1-6H3;2*9-12H,7-8,13-14H2,1-6H3;8-10H,11-12H2,1-7H3;2*7-10H,11-13H2,1-6H3. The van der Waals surface area contributed by atoms with Gasteiger partial charge in [-0.15, -0.1) is 0 Å². The first-order chi connectivity index (χ1) is 47.4. The van der Waals surface area contributed by atoms with Crippen LogP contribution >= 0.6 is 0 Å². The highest BCUT2D eigenvalue weighted by Crippen LogP contribution is 2.32. The minimum Gasteiger partial charge on any atom is -0.0602 e. The van der Waals surface area contributed by atoms with Crippen LogP contribution in [0, 0.1) is 71.9 Å². The number of benzene rings is 6. The Morgan fingerprint density at radius 2 is 0.324 bits per heavy atom. The third-order valence-corrected chi connectivity index (χ3v) is 18.4. The zero-order valence-electron chi connectivity index (χ0n) is 76.9. The molecule has 0 fully saturated rings. The van der Waals surface area contributed by atoms with Crippen LogP contribution in [0.25, 0.3) is 0 Å². The van der Waals surface area contributed by atoms with E-state index in [9.17, 15) is 0 Å². The smallest absolute Gasteiger partial charge is 0.0227 e. The maximum atomic E-state index is 2.37. The van der Waals surface area contributed by atoms with E-state index in [0.29, 0.717) is 65.0 Å². The van der Waals surface area contributed by atoms with E-state index in [0.717, 1.165) is 38.5 Å². The quantitative estimate of drug-likeness (QED) is 0.0715. The molecule has 6 aromatic carbocycles. The molecule has 6 rings (SSSR count). The monoisotopic (exact) mass is 1440 g/mol. The van der Waals surface area contributed by atoms with Gasteiger partial charge in [-0.2, -0.15) is 0 Å². The molecule has 0 aliphatic carbocycles. The number of aryl methyl sites for hydroxylation is 7. The van der Waals surface area contributed by atoms with E-state index in [2.05, 4.69) is 396 Å². The summed E-state index contributed by atoms with van der Waals surface area (Å²) in [5, 5.41) is 0. The molecule has 0 radical (unpaired) electrons. The number of hydrogen-bond donors (Lipinski definition) is 0. The van der Waals surface area contributed by atoms with Crippen LogP contribution in [-0.2, 0) is 77.0 Å². The van der Waals surface area contributed by atoms with Crippen molar-refractivity contribution >= 4 is 0 Å². The Balaban J connectivity index is 0.000000630. The molecular weight excluding hydrogens is 1260 g/mol. The van der Waals surface area contributed by atoms with Crippen molar-refractivity contribution in [2.75, 3.05) is 0 Å². The molecule has 594 valence electrons. The summed E-state index contributed by atoms with van der Waals surface area (Å²) in [5.41, 5.74) is 24.0. The van der Waals surface area contributed by atoms with Crippen molar-refractivity contribution in [1.29, 1.82) is 0 Å². The fourth-order valence-electron chi connectivity index (χ4n) is 12.6. The van der Waals surface area contributed by atoms with E-state index in [1.807, 2.05) is 0 Å². The van der Waals surface area contributed by atoms with Crippen molar-refractivity contribution in [1.82, 2.24) is 0 Å². The molecule has 0 bridgehead atoms. The molecule has 0 aliphatic heterocycles. The van der Waals surface area contributed by atoms with Gasteiger partial charge in [0.1, 0.15) is 0 Å². The molecule has 0 amide bonds. The van der Waals surface area contributed by atoms with Gasteiger partial charge in [-0.3, -0.25) is 0 Å². The second-order valence-corrected chi connectivity index (χ2v) is 46.8. The highest BCUT2D eigenvalue weighted by atomic mass is 14.3. The average Bonchev–Trinajstić information content (AvgIpc) is 0.857. The first kappa shape index (κ1) is 98.3. The van der Waals surface area contributed by atoms with Crippen molar-refractivity contribution in [2.45, 2.75) is 385 Å². The van der Waals surface area contributed by atoms with Crippen molar-refractivity contribution in [3.8, 4) is 0 Å². The Bertz CT molecular complexity index is 3040. The van der Waals surface area contributed by atoms with Crippen molar-refractivity contribution < 1.29 is 0 Å². The summed E-state index contributed by atoms with van der Waals surface area (Å²) in [5.74, 6) is 0. The summed E-state index contributed by atoms with van der Waals surface area (Å²) >= 11 is 0. The summed E-state index contributed by atoms with van der Waals surface area (Å²) in [6, 6.07) is 53.1. The summed E-state index contributed by atoms with van der Waals surface area (Å²) in [6.07, 6.45) is 24.4. The summed E-state index contributed by atoms with van der Waals surface area (Å²) < 4.78 is 0. The van der Waals surface area contributed by atoms with Gasteiger partial charge >= 0.3 is 0 Å². The van der Waals surface area contributed by atoms with E-state index >= 15 is 0 Å². The largest absolute Gasteiger partial charge is 0.0602 e. The van der Waals surface area contributed by atoms with Crippen LogP contribution in [0.1, 0.15) is 373 Å². The lowest BCUT2D eigenvalue weighted by Crippen LogP contribution is -2.12. The molecular formula is C105H174. The minimum atomic E-state index is 0.371. The highest BCUT2D eigenvalue weighted by Gasteiger charge is 2.20. The molecule has 0 unspecified atom stereocenters. The molecule has 0 atom stereocenters. The molecule has 0 spiro atoms. The zero-order chi connectivity index (χ0) is 80.9. The van der Waals surface area contributed by atoms with Crippen molar-refractivity contribution in [3.05, 3.63) is 212 Å². The molecule has 0 aliphatic rings. The molecule has 0 heterocycles. The van der Waals surface area contributed by atoms with Crippen LogP contribution in [0.3, 0.4) is 0 Å². The Morgan fingerprint density at radius 1 is 0.162 bits per heavy atom. The summed E-state index contributed by atoms with van der Waals surface area (Å²) in [7, 11) is 0. The van der Waals surface area contributed by atoms with Crippen LogP contribution in [0.5, 0.6) is 0 Å². The maximum absolute atomic E-state index is 2.37. The Kier molecular flexibility index (Phi) is 40.3. The molecule has 105 heavy (non-hydrogen) atoms. The van der Waals surface area contributed by atoms with Gasteiger partial charge in [0.15, 0.2) is 0 Å². The van der Waals surface area contributed by atoms with E-state index < -0.39 is 0 Å². The van der Waals surface area contributed by atoms with Crippen LogP contribution in [0.2, 0.25) is 0 Å². The van der Waals surface area contributed by atoms with E-state index in [1.165, 1.54) is 162 Å². The first-order valence-electron chi connectivity index (χ1n) is 41.8.